The van der Waals surface area contributed by atoms with E-state index >= 15 is 0 Å². The lowest BCUT2D eigenvalue weighted by atomic mass is 10.1. The van der Waals surface area contributed by atoms with E-state index in [-0.39, 0.29) is 19.3 Å². The summed E-state index contributed by atoms with van der Waals surface area (Å²) in [6.45, 7) is -0.0787. The van der Waals surface area contributed by atoms with Crippen molar-refractivity contribution in [2.75, 3.05) is 32.3 Å². The molecule has 0 radical (unpaired) electrons. The molecule has 2 N–H and O–H groups in total. The predicted molar refractivity (Wildman–Crippen MR) is 90.7 cm³/mol. The van der Waals surface area contributed by atoms with Gasteiger partial charge in [0.15, 0.2) is 0 Å². The van der Waals surface area contributed by atoms with Crippen molar-refractivity contribution in [3.05, 3.63) is 48.5 Å². The van der Waals surface area contributed by atoms with Gasteiger partial charge in [-0.25, -0.2) is 0 Å². The summed E-state index contributed by atoms with van der Waals surface area (Å²) >= 11 is 0. The summed E-state index contributed by atoms with van der Waals surface area (Å²) in [6, 6.07) is 15.0. The van der Waals surface area contributed by atoms with Gasteiger partial charge in [-0.2, -0.15) is 0 Å². The number of aliphatic hydroxyl groups is 2. The van der Waals surface area contributed by atoms with Crippen LogP contribution in [0.25, 0.3) is 0 Å². The SMILES string of the molecule is COc1cccc(N(c2cccc(OC)c2)C(CO)CCO)c1. The second-order valence-electron chi connectivity index (χ2n) is 5.12. The van der Waals surface area contributed by atoms with Crippen molar-refractivity contribution in [1.82, 2.24) is 0 Å². The van der Waals surface area contributed by atoms with E-state index in [1.165, 1.54) is 0 Å². The van der Waals surface area contributed by atoms with Gasteiger partial charge in [-0.05, 0) is 30.7 Å². The van der Waals surface area contributed by atoms with E-state index in [1.54, 1.807) is 14.2 Å². The molecule has 0 aliphatic heterocycles. The van der Waals surface area contributed by atoms with Crippen LogP contribution in [-0.4, -0.2) is 43.7 Å². The van der Waals surface area contributed by atoms with Crippen molar-refractivity contribution >= 4 is 11.4 Å². The molecule has 1 atom stereocenters. The summed E-state index contributed by atoms with van der Waals surface area (Å²) in [6.07, 6.45) is 0.449. The van der Waals surface area contributed by atoms with Crippen molar-refractivity contribution < 1.29 is 19.7 Å². The predicted octanol–water partition coefficient (Wildman–Crippen LogP) is 2.59. The number of rotatable bonds is 8. The summed E-state index contributed by atoms with van der Waals surface area (Å²) in [5.41, 5.74) is 1.76. The van der Waals surface area contributed by atoms with Crippen molar-refractivity contribution in [2.24, 2.45) is 0 Å². The third kappa shape index (κ3) is 4.15. The molecule has 124 valence electrons. The van der Waals surface area contributed by atoms with E-state index in [0.29, 0.717) is 6.42 Å². The minimum atomic E-state index is -0.251. The van der Waals surface area contributed by atoms with Crippen molar-refractivity contribution in [1.29, 1.82) is 0 Å². The first-order valence-electron chi connectivity index (χ1n) is 7.52. The Morgan fingerprint density at radius 2 is 1.43 bits per heavy atom. The Kier molecular flexibility index (Phi) is 6.26. The maximum atomic E-state index is 9.79. The Bertz CT molecular complexity index is 570. The molecule has 0 aromatic heterocycles. The molecule has 2 rings (SSSR count). The first-order valence-corrected chi connectivity index (χ1v) is 7.52. The van der Waals surface area contributed by atoms with E-state index in [4.69, 9.17) is 9.47 Å². The van der Waals surface area contributed by atoms with Gasteiger partial charge < -0.3 is 24.6 Å². The Labute approximate surface area is 136 Å². The fourth-order valence-corrected chi connectivity index (χ4v) is 2.54. The van der Waals surface area contributed by atoms with E-state index in [1.807, 2.05) is 53.4 Å². The lowest BCUT2D eigenvalue weighted by Gasteiger charge is -2.33. The normalized spacial score (nSPS) is 11.8. The Morgan fingerprint density at radius 3 is 1.83 bits per heavy atom. The average molecular weight is 317 g/mol. The fraction of sp³-hybridized carbons (Fsp3) is 0.333. The van der Waals surface area contributed by atoms with Crippen LogP contribution >= 0.6 is 0 Å². The first kappa shape index (κ1) is 17.1. The van der Waals surface area contributed by atoms with Crippen LogP contribution in [0.3, 0.4) is 0 Å². The maximum Gasteiger partial charge on any atom is 0.120 e. The second kappa shape index (κ2) is 8.41. The minimum Gasteiger partial charge on any atom is -0.497 e. The van der Waals surface area contributed by atoms with Gasteiger partial charge in [0.05, 0.1) is 26.9 Å². The van der Waals surface area contributed by atoms with E-state index in [9.17, 15) is 10.2 Å². The standard InChI is InChI=1S/C18H23NO4/c1-22-17-7-3-5-14(11-17)19(16(13-21)9-10-20)15-6-4-8-18(12-15)23-2/h3-8,11-12,16,20-21H,9-10,13H2,1-2H3. The lowest BCUT2D eigenvalue weighted by molar-refractivity contribution is 0.220. The van der Waals surface area contributed by atoms with Gasteiger partial charge in [-0.15, -0.1) is 0 Å². The smallest absolute Gasteiger partial charge is 0.120 e. The molecule has 0 bridgehead atoms. The number of benzene rings is 2. The lowest BCUT2D eigenvalue weighted by Crippen LogP contribution is -2.35. The van der Waals surface area contributed by atoms with Gasteiger partial charge in [-0.3, -0.25) is 0 Å². The zero-order valence-corrected chi connectivity index (χ0v) is 13.5. The molecule has 2 aromatic rings. The molecule has 2 aromatic carbocycles. The van der Waals surface area contributed by atoms with Crippen LogP contribution in [0.5, 0.6) is 11.5 Å². The number of nitrogens with zero attached hydrogens (tertiary/aromatic N) is 1. The van der Waals surface area contributed by atoms with Gasteiger partial charge in [0.25, 0.3) is 0 Å². The fourth-order valence-electron chi connectivity index (χ4n) is 2.54. The molecule has 0 aliphatic carbocycles. The molecule has 5 heteroatoms. The maximum absolute atomic E-state index is 9.79. The summed E-state index contributed by atoms with van der Waals surface area (Å²) in [5.74, 6) is 1.46. The van der Waals surface area contributed by atoms with Crippen LogP contribution in [0.15, 0.2) is 48.5 Å². The molecule has 5 nitrogen and oxygen atoms in total. The second-order valence-corrected chi connectivity index (χ2v) is 5.12. The number of ether oxygens (including phenoxy) is 2. The van der Waals surface area contributed by atoms with E-state index in [0.717, 1.165) is 22.9 Å². The number of anilines is 2. The van der Waals surface area contributed by atoms with Crippen molar-refractivity contribution in [3.8, 4) is 11.5 Å². The highest BCUT2D eigenvalue weighted by Gasteiger charge is 2.20. The van der Waals surface area contributed by atoms with Crippen LogP contribution < -0.4 is 14.4 Å². The molecule has 0 aliphatic rings. The van der Waals surface area contributed by atoms with Crippen molar-refractivity contribution in [2.45, 2.75) is 12.5 Å². The third-order valence-corrected chi connectivity index (χ3v) is 3.70. The number of aliphatic hydroxyl groups excluding tert-OH is 2. The Hall–Kier alpha value is -2.24. The molecule has 0 fully saturated rings. The summed E-state index contributed by atoms with van der Waals surface area (Å²) in [7, 11) is 3.23. The molecule has 0 heterocycles. The van der Waals surface area contributed by atoms with Gasteiger partial charge in [-0.1, -0.05) is 12.1 Å². The Morgan fingerprint density at radius 1 is 0.913 bits per heavy atom. The van der Waals surface area contributed by atoms with E-state index < -0.39 is 0 Å². The zero-order chi connectivity index (χ0) is 16.7. The zero-order valence-electron chi connectivity index (χ0n) is 13.5. The highest BCUT2D eigenvalue weighted by molar-refractivity contribution is 5.67. The molecule has 1 unspecified atom stereocenters. The van der Waals surface area contributed by atoms with Crippen LogP contribution in [-0.2, 0) is 0 Å². The summed E-state index contributed by atoms with van der Waals surface area (Å²) in [4.78, 5) is 1.99. The highest BCUT2D eigenvalue weighted by Crippen LogP contribution is 2.33. The van der Waals surface area contributed by atoms with E-state index in [2.05, 4.69) is 0 Å². The van der Waals surface area contributed by atoms with Gasteiger partial charge in [0, 0.05) is 30.1 Å². The van der Waals surface area contributed by atoms with Gasteiger partial charge >= 0.3 is 0 Å². The van der Waals surface area contributed by atoms with Crippen LogP contribution in [0, 0.1) is 0 Å². The van der Waals surface area contributed by atoms with Crippen LogP contribution in [0.2, 0.25) is 0 Å². The largest absolute Gasteiger partial charge is 0.497 e. The molecule has 0 amide bonds. The first-order chi connectivity index (χ1) is 11.2. The molecular weight excluding hydrogens is 294 g/mol. The Balaban J connectivity index is 2.49. The molecule has 0 saturated carbocycles. The average Bonchev–Trinajstić information content (AvgIpc) is 2.61. The highest BCUT2D eigenvalue weighted by atomic mass is 16.5. The van der Waals surface area contributed by atoms with Gasteiger partial charge in [0.2, 0.25) is 0 Å². The molecule has 23 heavy (non-hydrogen) atoms. The molecule has 0 spiro atoms. The summed E-state index contributed by atoms with van der Waals surface area (Å²) in [5, 5.41) is 19.1. The number of hydrogen-bond acceptors (Lipinski definition) is 5. The van der Waals surface area contributed by atoms with Crippen LogP contribution in [0.4, 0.5) is 11.4 Å². The van der Waals surface area contributed by atoms with Crippen molar-refractivity contribution in [3.63, 3.8) is 0 Å². The summed E-state index contributed by atoms with van der Waals surface area (Å²) < 4.78 is 10.6. The minimum absolute atomic E-state index is 0.00430. The quantitative estimate of drug-likeness (QED) is 0.783. The monoisotopic (exact) mass is 317 g/mol. The number of methoxy groups -OCH3 is 2. The van der Waals surface area contributed by atoms with Crippen LogP contribution in [0.1, 0.15) is 6.42 Å². The number of hydrogen-bond donors (Lipinski definition) is 2. The topological polar surface area (TPSA) is 62.2 Å². The third-order valence-electron chi connectivity index (χ3n) is 3.70. The van der Waals surface area contributed by atoms with Gasteiger partial charge in [0.1, 0.15) is 11.5 Å². The molecular formula is C18H23NO4. The molecule has 0 saturated heterocycles.